The van der Waals surface area contributed by atoms with Gasteiger partial charge < -0.3 is 14.3 Å². The molecule has 1 aromatic carbocycles. The Kier molecular flexibility index (Phi) is 3.09. The van der Waals surface area contributed by atoms with Crippen molar-refractivity contribution >= 4 is 5.97 Å². The number of rotatable bonds is 4. The van der Waals surface area contributed by atoms with Crippen LogP contribution >= 0.6 is 0 Å². The second kappa shape index (κ2) is 4.69. The molecule has 1 heterocycles. The van der Waals surface area contributed by atoms with Gasteiger partial charge in [0.2, 0.25) is 0 Å². The summed E-state index contributed by atoms with van der Waals surface area (Å²) in [7, 11) is 0. The fourth-order valence-electron chi connectivity index (χ4n) is 1.39. The number of carboxylic acid groups (broad SMARTS) is 1. The van der Waals surface area contributed by atoms with Crippen molar-refractivity contribution in [1.82, 2.24) is 4.98 Å². The van der Waals surface area contributed by atoms with E-state index in [1.54, 1.807) is 24.3 Å². The lowest BCUT2D eigenvalue weighted by atomic mass is 10.2. The topological polar surface area (TPSA) is 72.6 Å². The highest BCUT2D eigenvalue weighted by atomic mass is 16.5. The monoisotopic (exact) mass is 233 g/mol. The van der Waals surface area contributed by atoms with Gasteiger partial charge in [0.15, 0.2) is 5.76 Å². The molecule has 0 spiro atoms. The first kappa shape index (κ1) is 11.2. The number of aromatic carboxylic acids is 1. The van der Waals surface area contributed by atoms with E-state index in [0.29, 0.717) is 12.4 Å². The molecule has 0 saturated heterocycles. The molecule has 88 valence electrons. The van der Waals surface area contributed by atoms with E-state index in [1.165, 1.54) is 6.20 Å². The minimum Gasteiger partial charge on any atom is -0.494 e. The number of benzene rings is 1. The van der Waals surface area contributed by atoms with Crippen molar-refractivity contribution in [3.05, 3.63) is 36.4 Å². The number of carbonyl (C=O) groups is 1. The lowest BCUT2D eigenvalue weighted by Crippen LogP contribution is -1.94. The van der Waals surface area contributed by atoms with Gasteiger partial charge in [-0.15, -0.1) is 0 Å². The Balaban J connectivity index is 2.23. The van der Waals surface area contributed by atoms with Crippen molar-refractivity contribution in [2.24, 2.45) is 0 Å². The van der Waals surface area contributed by atoms with Crippen molar-refractivity contribution in [2.45, 2.75) is 6.92 Å². The zero-order valence-electron chi connectivity index (χ0n) is 9.21. The van der Waals surface area contributed by atoms with Crippen molar-refractivity contribution in [1.29, 1.82) is 0 Å². The zero-order chi connectivity index (χ0) is 12.3. The largest absolute Gasteiger partial charge is 0.494 e. The summed E-state index contributed by atoms with van der Waals surface area (Å²) in [5, 5.41) is 8.68. The number of carboxylic acids is 1. The van der Waals surface area contributed by atoms with Gasteiger partial charge >= 0.3 is 11.9 Å². The highest BCUT2D eigenvalue weighted by molar-refractivity contribution is 5.82. The molecule has 17 heavy (non-hydrogen) atoms. The summed E-state index contributed by atoms with van der Waals surface area (Å²) in [5.41, 5.74) is 0.758. The maximum absolute atomic E-state index is 10.6. The molecule has 0 fully saturated rings. The number of nitrogens with zero attached hydrogens (tertiary/aromatic N) is 1. The SMILES string of the molecule is CCOc1ccc(-c2cnc(C(=O)O)o2)cc1. The van der Waals surface area contributed by atoms with Gasteiger partial charge in [-0.2, -0.15) is 0 Å². The average Bonchev–Trinajstić information content (AvgIpc) is 2.80. The lowest BCUT2D eigenvalue weighted by molar-refractivity contribution is 0.0654. The van der Waals surface area contributed by atoms with E-state index in [0.717, 1.165) is 11.3 Å². The summed E-state index contributed by atoms with van der Waals surface area (Å²) >= 11 is 0. The number of ether oxygens (including phenoxy) is 1. The number of hydrogen-bond donors (Lipinski definition) is 1. The lowest BCUT2D eigenvalue weighted by Gasteiger charge is -2.02. The van der Waals surface area contributed by atoms with E-state index in [9.17, 15) is 4.79 Å². The van der Waals surface area contributed by atoms with Gasteiger partial charge in [-0.25, -0.2) is 9.78 Å². The second-order valence-electron chi connectivity index (χ2n) is 3.29. The van der Waals surface area contributed by atoms with Crippen LogP contribution < -0.4 is 4.74 Å². The van der Waals surface area contributed by atoms with E-state index in [-0.39, 0.29) is 5.89 Å². The summed E-state index contributed by atoms with van der Waals surface area (Å²) in [4.78, 5) is 14.3. The third-order valence-corrected chi connectivity index (χ3v) is 2.14. The van der Waals surface area contributed by atoms with Gasteiger partial charge in [0.05, 0.1) is 12.8 Å². The van der Waals surface area contributed by atoms with Crippen molar-refractivity contribution in [3.63, 3.8) is 0 Å². The van der Waals surface area contributed by atoms with Crippen LogP contribution in [-0.4, -0.2) is 22.7 Å². The van der Waals surface area contributed by atoms with Gasteiger partial charge in [-0.3, -0.25) is 0 Å². The summed E-state index contributed by atoms with van der Waals surface area (Å²) in [6, 6.07) is 7.16. The average molecular weight is 233 g/mol. The molecule has 0 aliphatic heterocycles. The predicted molar refractivity (Wildman–Crippen MR) is 60.1 cm³/mol. The smallest absolute Gasteiger partial charge is 0.392 e. The molecule has 0 bridgehead atoms. The summed E-state index contributed by atoms with van der Waals surface area (Å²) in [5.74, 6) is -0.309. The van der Waals surface area contributed by atoms with E-state index < -0.39 is 5.97 Å². The highest BCUT2D eigenvalue weighted by Gasteiger charge is 2.12. The first-order valence-electron chi connectivity index (χ1n) is 5.13. The molecule has 5 heteroatoms. The first-order valence-corrected chi connectivity index (χ1v) is 5.13. The molecule has 0 aliphatic carbocycles. The molecule has 0 aliphatic rings. The molecular weight excluding hydrogens is 222 g/mol. The predicted octanol–water partition coefficient (Wildman–Crippen LogP) is 2.44. The minimum atomic E-state index is -1.18. The van der Waals surface area contributed by atoms with Crippen molar-refractivity contribution in [3.8, 4) is 17.1 Å². The molecule has 0 atom stereocenters. The van der Waals surface area contributed by atoms with Crippen molar-refractivity contribution in [2.75, 3.05) is 6.61 Å². The maximum Gasteiger partial charge on any atom is 0.392 e. The molecule has 2 aromatic rings. The quantitative estimate of drug-likeness (QED) is 0.877. The molecule has 0 radical (unpaired) electrons. The molecule has 1 aromatic heterocycles. The van der Waals surface area contributed by atoms with Gasteiger partial charge in [-0.1, -0.05) is 0 Å². The van der Waals surface area contributed by atoms with Crippen LogP contribution in [0.1, 0.15) is 17.6 Å². The van der Waals surface area contributed by atoms with Crippen LogP contribution in [0.2, 0.25) is 0 Å². The van der Waals surface area contributed by atoms with Crippen LogP contribution in [-0.2, 0) is 0 Å². The standard InChI is InChI=1S/C12H11NO4/c1-2-16-9-5-3-8(4-6-9)10-7-13-11(17-10)12(14)15/h3-7H,2H2,1H3,(H,14,15). The second-order valence-corrected chi connectivity index (χ2v) is 3.29. The molecule has 0 unspecified atom stereocenters. The molecule has 0 saturated carbocycles. The van der Waals surface area contributed by atoms with E-state index in [4.69, 9.17) is 14.3 Å². The molecule has 5 nitrogen and oxygen atoms in total. The Morgan fingerprint density at radius 3 is 2.65 bits per heavy atom. The van der Waals surface area contributed by atoms with Gasteiger partial charge in [-0.05, 0) is 31.2 Å². The zero-order valence-corrected chi connectivity index (χ0v) is 9.21. The molecule has 1 N–H and O–H groups in total. The minimum absolute atomic E-state index is 0.311. The third kappa shape index (κ3) is 2.44. The Labute approximate surface area is 97.7 Å². The number of aromatic nitrogens is 1. The van der Waals surface area contributed by atoms with Crippen molar-refractivity contribution < 1.29 is 19.1 Å². The fourth-order valence-corrected chi connectivity index (χ4v) is 1.39. The Morgan fingerprint density at radius 1 is 1.41 bits per heavy atom. The summed E-state index contributed by atoms with van der Waals surface area (Å²) in [6.07, 6.45) is 1.39. The highest BCUT2D eigenvalue weighted by Crippen LogP contribution is 2.23. The summed E-state index contributed by atoms with van der Waals surface area (Å²) in [6.45, 7) is 2.51. The normalized spacial score (nSPS) is 10.2. The van der Waals surface area contributed by atoms with Crippen LogP contribution in [0.4, 0.5) is 0 Å². The van der Waals surface area contributed by atoms with Gasteiger partial charge in [0.25, 0.3) is 0 Å². The molecule has 2 rings (SSSR count). The van der Waals surface area contributed by atoms with Crippen LogP contribution in [0.3, 0.4) is 0 Å². The van der Waals surface area contributed by atoms with E-state index in [1.807, 2.05) is 6.92 Å². The van der Waals surface area contributed by atoms with Crippen LogP contribution in [0.5, 0.6) is 5.75 Å². The first-order chi connectivity index (χ1) is 8.20. The van der Waals surface area contributed by atoms with E-state index >= 15 is 0 Å². The molecular formula is C12H11NO4. The van der Waals surface area contributed by atoms with Crippen LogP contribution in [0, 0.1) is 0 Å². The van der Waals surface area contributed by atoms with Gasteiger partial charge in [0, 0.05) is 5.56 Å². The fraction of sp³-hybridized carbons (Fsp3) is 0.167. The van der Waals surface area contributed by atoms with Crippen LogP contribution in [0.15, 0.2) is 34.9 Å². The van der Waals surface area contributed by atoms with E-state index in [2.05, 4.69) is 4.98 Å². The Hall–Kier alpha value is -2.30. The number of oxazole rings is 1. The Bertz CT molecular complexity index is 516. The summed E-state index contributed by atoms with van der Waals surface area (Å²) < 4.78 is 10.4. The third-order valence-electron chi connectivity index (χ3n) is 2.14. The Morgan fingerprint density at radius 2 is 2.12 bits per heavy atom. The molecule has 0 amide bonds. The van der Waals surface area contributed by atoms with Crippen LogP contribution in [0.25, 0.3) is 11.3 Å². The number of hydrogen-bond acceptors (Lipinski definition) is 4. The van der Waals surface area contributed by atoms with Gasteiger partial charge in [0.1, 0.15) is 5.75 Å². The maximum atomic E-state index is 10.6.